The van der Waals surface area contributed by atoms with Gasteiger partial charge in [-0.2, -0.15) is 0 Å². The molecule has 0 rings (SSSR count). The van der Waals surface area contributed by atoms with Crippen LogP contribution in [0.3, 0.4) is 0 Å². The average Bonchev–Trinajstić information content (AvgIpc) is 1.84. The molecule has 0 saturated heterocycles. The maximum atomic E-state index is 5.66. The monoisotopic (exact) mass is 152 g/mol. The van der Waals surface area contributed by atoms with Crippen LogP contribution in [-0.2, 0) is 0 Å². The summed E-state index contributed by atoms with van der Waals surface area (Å²) in [4.78, 5) is 0. The van der Waals surface area contributed by atoms with Crippen molar-refractivity contribution in [3.63, 3.8) is 0 Å². The van der Waals surface area contributed by atoms with Gasteiger partial charge in [0, 0.05) is 10.1 Å². The van der Waals surface area contributed by atoms with Crippen LogP contribution in [0.1, 0.15) is 26.7 Å². The van der Waals surface area contributed by atoms with Gasteiger partial charge in [0.25, 0.3) is 0 Å². The molecule has 0 atom stereocenters. The second-order valence-electron chi connectivity index (χ2n) is 1.52. The summed E-state index contributed by atoms with van der Waals surface area (Å²) in [6.45, 7) is 3.97. The molecule has 0 spiro atoms. The van der Waals surface area contributed by atoms with Gasteiger partial charge in [0.05, 0.1) is 0 Å². The van der Waals surface area contributed by atoms with Gasteiger partial charge in [0.2, 0.25) is 0 Å². The highest BCUT2D eigenvalue weighted by Crippen LogP contribution is 2.18. The Morgan fingerprint density at radius 1 is 1.00 bits per heavy atom. The molecule has 2 heteroatoms. The first kappa shape index (κ1) is 8.32. The molecule has 0 unspecified atom stereocenters. The number of hydrogen-bond donors (Lipinski definition) is 0. The van der Waals surface area contributed by atoms with E-state index in [0.29, 0.717) is 0 Å². The lowest BCUT2D eigenvalue weighted by atomic mass is 10.3. The van der Waals surface area contributed by atoms with Crippen molar-refractivity contribution in [2.75, 3.05) is 0 Å². The van der Waals surface area contributed by atoms with Crippen LogP contribution in [0.2, 0.25) is 0 Å². The molecule has 0 nitrogen and oxygen atoms in total. The second kappa shape index (κ2) is 4.22. The Hall–Kier alpha value is 0.320. The molecule has 0 heterocycles. The number of rotatable bonds is 2. The maximum Gasteiger partial charge on any atom is 0.0323 e. The van der Waals surface area contributed by atoms with Crippen molar-refractivity contribution < 1.29 is 0 Å². The van der Waals surface area contributed by atoms with E-state index in [0.717, 1.165) is 22.9 Å². The zero-order valence-corrected chi connectivity index (χ0v) is 6.68. The molecule has 48 valence electrons. The van der Waals surface area contributed by atoms with Crippen molar-refractivity contribution in [2.24, 2.45) is 0 Å². The molecule has 0 amide bonds. The molecule has 0 fully saturated rings. The minimum absolute atomic E-state index is 0.786. The van der Waals surface area contributed by atoms with Crippen LogP contribution in [0.15, 0.2) is 10.1 Å². The Morgan fingerprint density at radius 2 is 1.25 bits per heavy atom. The molecule has 0 aromatic heterocycles. The molecule has 0 aliphatic carbocycles. The van der Waals surface area contributed by atoms with Crippen molar-refractivity contribution in [2.45, 2.75) is 26.7 Å². The van der Waals surface area contributed by atoms with Crippen LogP contribution in [0.25, 0.3) is 0 Å². The van der Waals surface area contributed by atoms with Crippen LogP contribution in [0, 0.1) is 0 Å². The maximum absolute atomic E-state index is 5.66. The summed E-state index contributed by atoms with van der Waals surface area (Å²) in [5.41, 5.74) is 0. The molecule has 0 N–H and O–H groups in total. The Morgan fingerprint density at radius 3 is 1.38 bits per heavy atom. The zero-order valence-electron chi connectivity index (χ0n) is 5.17. The standard InChI is InChI=1S/C6H10Cl2/c1-3-5(7)6(8)4-2/h3-4H2,1-2H3/b6-5+. The summed E-state index contributed by atoms with van der Waals surface area (Å²) in [7, 11) is 0. The lowest BCUT2D eigenvalue weighted by Crippen LogP contribution is -1.72. The summed E-state index contributed by atoms with van der Waals surface area (Å²) in [5, 5.41) is 1.57. The highest BCUT2D eigenvalue weighted by Gasteiger charge is 1.93. The van der Waals surface area contributed by atoms with E-state index in [1.54, 1.807) is 0 Å². The summed E-state index contributed by atoms with van der Waals surface area (Å²) < 4.78 is 0. The van der Waals surface area contributed by atoms with Crippen LogP contribution in [-0.4, -0.2) is 0 Å². The summed E-state index contributed by atoms with van der Waals surface area (Å²) >= 11 is 11.3. The van der Waals surface area contributed by atoms with Gasteiger partial charge in [-0.1, -0.05) is 37.0 Å². The topological polar surface area (TPSA) is 0 Å². The summed E-state index contributed by atoms with van der Waals surface area (Å²) in [6.07, 6.45) is 1.68. The first-order chi connectivity index (χ1) is 3.72. The van der Waals surface area contributed by atoms with Gasteiger partial charge >= 0.3 is 0 Å². The summed E-state index contributed by atoms with van der Waals surface area (Å²) in [5.74, 6) is 0. The van der Waals surface area contributed by atoms with Crippen molar-refractivity contribution in [3.05, 3.63) is 10.1 Å². The van der Waals surface area contributed by atoms with Crippen LogP contribution in [0.4, 0.5) is 0 Å². The third kappa shape index (κ3) is 2.58. The van der Waals surface area contributed by atoms with Crippen LogP contribution >= 0.6 is 23.2 Å². The molecule has 0 saturated carbocycles. The smallest absolute Gasteiger partial charge is 0.0323 e. The van der Waals surface area contributed by atoms with Gasteiger partial charge in [0.1, 0.15) is 0 Å². The molecule has 0 bridgehead atoms. The van der Waals surface area contributed by atoms with Crippen molar-refractivity contribution in [1.82, 2.24) is 0 Å². The minimum Gasteiger partial charge on any atom is -0.0879 e. The van der Waals surface area contributed by atoms with Gasteiger partial charge in [0.15, 0.2) is 0 Å². The third-order valence-electron chi connectivity index (χ3n) is 0.915. The lowest BCUT2D eigenvalue weighted by molar-refractivity contribution is 1.11. The first-order valence-electron chi connectivity index (χ1n) is 2.75. The van der Waals surface area contributed by atoms with E-state index in [1.165, 1.54) is 0 Å². The minimum atomic E-state index is 0.786. The van der Waals surface area contributed by atoms with E-state index >= 15 is 0 Å². The van der Waals surface area contributed by atoms with E-state index < -0.39 is 0 Å². The molecule has 0 aromatic carbocycles. The summed E-state index contributed by atoms with van der Waals surface area (Å²) in [6, 6.07) is 0. The fraction of sp³-hybridized carbons (Fsp3) is 0.667. The molecular formula is C6H10Cl2. The average molecular weight is 153 g/mol. The van der Waals surface area contributed by atoms with Gasteiger partial charge in [-0.05, 0) is 12.8 Å². The molecule has 0 aliphatic heterocycles. The Balaban J connectivity index is 3.83. The lowest BCUT2D eigenvalue weighted by Gasteiger charge is -1.94. The van der Waals surface area contributed by atoms with E-state index in [2.05, 4.69) is 0 Å². The normalized spacial score (nSPS) is 13.5. The van der Waals surface area contributed by atoms with Crippen molar-refractivity contribution >= 4 is 23.2 Å². The quantitative estimate of drug-likeness (QED) is 0.569. The predicted molar refractivity (Wildman–Crippen MR) is 39.3 cm³/mol. The van der Waals surface area contributed by atoms with Gasteiger partial charge < -0.3 is 0 Å². The first-order valence-corrected chi connectivity index (χ1v) is 3.51. The second-order valence-corrected chi connectivity index (χ2v) is 2.43. The van der Waals surface area contributed by atoms with E-state index in [4.69, 9.17) is 23.2 Å². The molecule has 8 heavy (non-hydrogen) atoms. The van der Waals surface area contributed by atoms with Crippen molar-refractivity contribution in [1.29, 1.82) is 0 Å². The molecule has 0 aliphatic rings. The Bertz CT molecular complexity index is 82.7. The zero-order chi connectivity index (χ0) is 6.57. The van der Waals surface area contributed by atoms with Crippen LogP contribution in [0.5, 0.6) is 0 Å². The van der Waals surface area contributed by atoms with E-state index in [1.807, 2.05) is 13.8 Å². The van der Waals surface area contributed by atoms with Gasteiger partial charge in [-0.3, -0.25) is 0 Å². The fourth-order valence-corrected chi connectivity index (χ4v) is 0.651. The highest BCUT2D eigenvalue weighted by atomic mass is 35.5. The molecule has 0 radical (unpaired) electrons. The number of allylic oxidation sites excluding steroid dienone is 2. The van der Waals surface area contributed by atoms with E-state index in [-0.39, 0.29) is 0 Å². The fourth-order valence-electron chi connectivity index (χ4n) is 0.384. The van der Waals surface area contributed by atoms with Crippen LogP contribution < -0.4 is 0 Å². The van der Waals surface area contributed by atoms with Gasteiger partial charge in [-0.25, -0.2) is 0 Å². The third-order valence-corrected chi connectivity index (χ3v) is 2.00. The SMILES string of the molecule is CC/C(Cl)=C(\Cl)CC. The highest BCUT2D eigenvalue weighted by molar-refractivity contribution is 6.39. The number of halogens is 2. The van der Waals surface area contributed by atoms with Gasteiger partial charge in [-0.15, -0.1) is 0 Å². The Labute approximate surface area is 60.5 Å². The molecule has 0 aromatic rings. The van der Waals surface area contributed by atoms with E-state index in [9.17, 15) is 0 Å². The predicted octanol–water partition coefficient (Wildman–Crippen LogP) is 3.50. The number of hydrogen-bond acceptors (Lipinski definition) is 0. The Kier molecular flexibility index (Phi) is 4.39. The molecular weight excluding hydrogens is 143 g/mol. The largest absolute Gasteiger partial charge is 0.0879 e. The van der Waals surface area contributed by atoms with Crippen molar-refractivity contribution in [3.8, 4) is 0 Å².